The van der Waals surface area contributed by atoms with Gasteiger partial charge in [0.1, 0.15) is 5.82 Å². The lowest BCUT2D eigenvalue weighted by Crippen LogP contribution is -2.27. The highest BCUT2D eigenvalue weighted by molar-refractivity contribution is 7.17. The van der Waals surface area contributed by atoms with Crippen molar-refractivity contribution in [2.75, 3.05) is 6.54 Å². The number of nitrogens with one attached hydrogen (secondary N) is 1. The molecule has 0 amide bonds. The average Bonchev–Trinajstić information content (AvgIpc) is 3.12. The van der Waals surface area contributed by atoms with Crippen LogP contribution < -0.4 is 5.32 Å². The van der Waals surface area contributed by atoms with Crippen molar-refractivity contribution in [3.8, 4) is 0 Å². The summed E-state index contributed by atoms with van der Waals surface area (Å²) in [6.45, 7) is 9.27. The van der Waals surface area contributed by atoms with Gasteiger partial charge in [0.15, 0.2) is 4.96 Å². The largest absolute Gasteiger partial charge is 0.334 e. The first kappa shape index (κ1) is 14.9. The first-order valence-corrected chi connectivity index (χ1v) is 9.12. The van der Waals surface area contributed by atoms with E-state index in [-0.39, 0.29) is 0 Å². The summed E-state index contributed by atoms with van der Waals surface area (Å²) in [5, 5.41) is 3.64. The zero-order chi connectivity index (χ0) is 16.0. The Hall–Kier alpha value is -1.66. The molecular weight excluding hydrogens is 306 g/mol. The first-order valence-electron chi connectivity index (χ1n) is 8.30. The molecule has 0 radical (unpaired) electrons. The van der Waals surface area contributed by atoms with Crippen molar-refractivity contribution in [3.63, 3.8) is 0 Å². The van der Waals surface area contributed by atoms with Gasteiger partial charge in [0.05, 0.1) is 17.1 Å². The lowest BCUT2D eigenvalue weighted by atomic mass is 9.99. The van der Waals surface area contributed by atoms with Crippen LogP contribution >= 0.6 is 11.3 Å². The average molecular weight is 329 g/mol. The maximum Gasteiger partial charge on any atom is 0.194 e. The summed E-state index contributed by atoms with van der Waals surface area (Å²) in [4.78, 5) is 11.8. The normalized spacial score (nSPS) is 17.8. The molecule has 3 aromatic rings. The van der Waals surface area contributed by atoms with Crippen LogP contribution in [0.15, 0.2) is 12.4 Å². The predicted molar refractivity (Wildman–Crippen MR) is 93.2 cm³/mol. The zero-order valence-electron chi connectivity index (χ0n) is 14.0. The standard InChI is InChI=1S/C17H23N5S/c1-11-9-21-6-4-5-14(16(21)19-11)7-18-8-15-13(3)20-17-22(15)10-12(2)23-17/h9-10,14,18H,4-8H2,1-3H3/t14-/m0/s1. The number of aromatic nitrogens is 4. The van der Waals surface area contributed by atoms with Crippen molar-refractivity contribution in [2.45, 2.75) is 52.6 Å². The summed E-state index contributed by atoms with van der Waals surface area (Å²) in [5.41, 5.74) is 3.54. The molecule has 4 rings (SSSR count). The van der Waals surface area contributed by atoms with Gasteiger partial charge in [-0.2, -0.15) is 0 Å². The maximum atomic E-state index is 4.73. The van der Waals surface area contributed by atoms with Crippen LogP contribution in [0.5, 0.6) is 0 Å². The third-order valence-corrected chi connectivity index (χ3v) is 5.57. The molecular formula is C17H23N5S. The van der Waals surface area contributed by atoms with E-state index < -0.39 is 0 Å². The Labute approximate surface area is 140 Å². The topological polar surface area (TPSA) is 47.2 Å². The summed E-state index contributed by atoms with van der Waals surface area (Å²) in [6, 6.07) is 0. The van der Waals surface area contributed by atoms with Crippen LogP contribution in [0.2, 0.25) is 0 Å². The minimum absolute atomic E-state index is 0.519. The summed E-state index contributed by atoms with van der Waals surface area (Å²) >= 11 is 1.75. The minimum atomic E-state index is 0.519. The van der Waals surface area contributed by atoms with E-state index >= 15 is 0 Å². The van der Waals surface area contributed by atoms with Gasteiger partial charge in [0.25, 0.3) is 0 Å². The molecule has 4 heterocycles. The lowest BCUT2D eigenvalue weighted by Gasteiger charge is -2.23. The van der Waals surface area contributed by atoms with E-state index in [2.05, 4.69) is 52.4 Å². The van der Waals surface area contributed by atoms with Gasteiger partial charge in [0, 0.05) is 42.8 Å². The van der Waals surface area contributed by atoms with Crippen LogP contribution in [0.1, 0.15) is 46.5 Å². The molecule has 122 valence electrons. The molecule has 23 heavy (non-hydrogen) atoms. The molecule has 0 spiro atoms. The van der Waals surface area contributed by atoms with Crippen LogP contribution in [0, 0.1) is 20.8 Å². The van der Waals surface area contributed by atoms with E-state index in [1.807, 2.05) is 0 Å². The number of hydrogen-bond acceptors (Lipinski definition) is 4. The zero-order valence-corrected chi connectivity index (χ0v) is 14.8. The van der Waals surface area contributed by atoms with Crippen molar-refractivity contribution < 1.29 is 0 Å². The third-order valence-electron chi connectivity index (χ3n) is 4.67. The van der Waals surface area contributed by atoms with E-state index in [0.717, 1.165) is 36.0 Å². The Morgan fingerprint density at radius 3 is 3.00 bits per heavy atom. The van der Waals surface area contributed by atoms with E-state index in [1.54, 1.807) is 11.3 Å². The molecule has 0 fully saturated rings. The lowest BCUT2D eigenvalue weighted by molar-refractivity contribution is 0.422. The molecule has 1 aliphatic heterocycles. The highest BCUT2D eigenvalue weighted by Crippen LogP contribution is 2.26. The molecule has 1 atom stereocenters. The number of imidazole rings is 2. The van der Waals surface area contributed by atoms with Crippen molar-refractivity contribution in [1.82, 2.24) is 24.3 Å². The van der Waals surface area contributed by atoms with Gasteiger partial charge in [-0.05, 0) is 33.6 Å². The number of nitrogens with zero attached hydrogens (tertiary/aromatic N) is 4. The molecule has 0 unspecified atom stereocenters. The van der Waals surface area contributed by atoms with Gasteiger partial charge < -0.3 is 9.88 Å². The van der Waals surface area contributed by atoms with E-state index in [4.69, 9.17) is 4.98 Å². The summed E-state index contributed by atoms with van der Waals surface area (Å²) in [7, 11) is 0. The van der Waals surface area contributed by atoms with Crippen LogP contribution in [0.25, 0.3) is 4.96 Å². The summed E-state index contributed by atoms with van der Waals surface area (Å²) in [5.74, 6) is 1.77. The second-order valence-electron chi connectivity index (χ2n) is 6.54. The van der Waals surface area contributed by atoms with Crippen molar-refractivity contribution in [2.24, 2.45) is 0 Å². The van der Waals surface area contributed by atoms with Crippen molar-refractivity contribution in [1.29, 1.82) is 0 Å². The van der Waals surface area contributed by atoms with Gasteiger partial charge in [-0.1, -0.05) is 0 Å². The molecule has 5 nitrogen and oxygen atoms in total. The van der Waals surface area contributed by atoms with E-state index in [9.17, 15) is 0 Å². The number of hydrogen-bond donors (Lipinski definition) is 1. The smallest absolute Gasteiger partial charge is 0.194 e. The first-order chi connectivity index (χ1) is 11.1. The van der Waals surface area contributed by atoms with Gasteiger partial charge in [-0.25, -0.2) is 9.97 Å². The van der Waals surface area contributed by atoms with Crippen molar-refractivity contribution >= 4 is 16.3 Å². The second-order valence-corrected chi connectivity index (χ2v) is 7.76. The molecule has 0 aromatic carbocycles. The monoisotopic (exact) mass is 329 g/mol. The molecule has 3 aromatic heterocycles. The summed E-state index contributed by atoms with van der Waals surface area (Å²) < 4.78 is 4.56. The Morgan fingerprint density at radius 1 is 1.26 bits per heavy atom. The minimum Gasteiger partial charge on any atom is -0.334 e. The fourth-order valence-electron chi connectivity index (χ4n) is 3.59. The Morgan fingerprint density at radius 2 is 2.13 bits per heavy atom. The van der Waals surface area contributed by atoms with Crippen molar-refractivity contribution in [3.05, 3.63) is 40.2 Å². The molecule has 0 saturated heterocycles. The van der Waals surface area contributed by atoms with Gasteiger partial charge in [-0.15, -0.1) is 11.3 Å². The van der Waals surface area contributed by atoms with Gasteiger partial charge in [0.2, 0.25) is 0 Å². The SMILES string of the molecule is Cc1cn2c(n1)[C@H](CNCc1c(C)nc3sc(C)cn13)CCC2. The molecule has 1 N–H and O–H groups in total. The Bertz CT molecular complexity index is 841. The highest BCUT2D eigenvalue weighted by atomic mass is 32.1. The maximum absolute atomic E-state index is 4.73. The van der Waals surface area contributed by atoms with E-state index in [1.165, 1.54) is 29.2 Å². The van der Waals surface area contributed by atoms with Crippen LogP contribution in [0.3, 0.4) is 0 Å². The van der Waals surface area contributed by atoms with Crippen LogP contribution in [-0.2, 0) is 13.1 Å². The fraction of sp³-hybridized carbons (Fsp3) is 0.529. The summed E-state index contributed by atoms with van der Waals surface area (Å²) in [6.07, 6.45) is 6.84. The van der Waals surface area contributed by atoms with E-state index in [0.29, 0.717) is 5.92 Å². The number of fused-ring (bicyclic) bond motifs is 2. The predicted octanol–water partition coefficient (Wildman–Crippen LogP) is 3.18. The van der Waals surface area contributed by atoms with Gasteiger partial charge in [-0.3, -0.25) is 4.40 Å². The highest BCUT2D eigenvalue weighted by Gasteiger charge is 2.22. The van der Waals surface area contributed by atoms with Crippen LogP contribution in [-0.4, -0.2) is 25.5 Å². The number of thiazole rings is 1. The quantitative estimate of drug-likeness (QED) is 0.800. The second kappa shape index (κ2) is 5.76. The molecule has 0 saturated carbocycles. The molecule has 0 bridgehead atoms. The Balaban J connectivity index is 1.47. The van der Waals surface area contributed by atoms with Crippen LogP contribution in [0.4, 0.5) is 0 Å². The third kappa shape index (κ3) is 2.70. The van der Waals surface area contributed by atoms with Gasteiger partial charge >= 0.3 is 0 Å². The number of aryl methyl sites for hydroxylation is 4. The fourth-order valence-corrected chi connectivity index (χ4v) is 4.48. The molecule has 0 aliphatic carbocycles. The molecule has 1 aliphatic rings. The molecule has 6 heteroatoms. The number of rotatable bonds is 4. The Kier molecular flexibility index (Phi) is 3.73.